The molecule has 0 unspecified atom stereocenters. The Bertz CT molecular complexity index is 971. The van der Waals surface area contributed by atoms with Crippen molar-refractivity contribution >= 4 is 21.7 Å². The van der Waals surface area contributed by atoms with Gasteiger partial charge in [0, 0.05) is 12.5 Å². The molecule has 29 heavy (non-hydrogen) atoms. The largest absolute Gasteiger partial charge is 0.494 e. The number of carbonyl (C=O) groups is 1. The molecule has 1 aliphatic rings. The Morgan fingerprint density at radius 2 is 1.93 bits per heavy atom. The lowest BCUT2D eigenvalue weighted by molar-refractivity contribution is -0.140. The van der Waals surface area contributed by atoms with Crippen molar-refractivity contribution in [3.8, 4) is 11.5 Å². The predicted octanol–water partition coefficient (Wildman–Crippen LogP) is 3.30. The molecule has 1 aliphatic heterocycles. The van der Waals surface area contributed by atoms with Gasteiger partial charge in [0.05, 0.1) is 31.3 Å². The fourth-order valence-electron chi connectivity index (χ4n) is 2.63. The summed E-state index contributed by atoms with van der Waals surface area (Å²) in [5.41, 5.74) is 1.41. The summed E-state index contributed by atoms with van der Waals surface area (Å²) in [5, 5.41) is 0. The zero-order chi connectivity index (χ0) is 21.6. The standard InChI is InChI=1S/C16H16FNO4S.C4H8O2/c1-11-3-6-15-14(9-11)18(7-8-22-15)23(19,20)12-4-5-13(17)16(10-12)21-2;1-3-4(5)6-2/h3-6,9-10H,7-8H2,1-2H3;3H2,1-2H3. The van der Waals surface area contributed by atoms with Gasteiger partial charge in [-0.3, -0.25) is 9.10 Å². The molecule has 0 N–H and O–H groups in total. The number of carbonyl (C=O) groups excluding carboxylic acids is 1. The van der Waals surface area contributed by atoms with Gasteiger partial charge in [0.2, 0.25) is 0 Å². The fourth-order valence-corrected chi connectivity index (χ4v) is 4.09. The minimum Gasteiger partial charge on any atom is -0.494 e. The van der Waals surface area contributed by atoms with Crippen molar-refractivity contribution in [1.29, 1.82) is 0 Å². The smallest absolute Gasteiger partial charge is 0.305 e. The number of hydrogen-bond acceptors (Lipinski definition) is 6. The van der Waals surface area contributed by atoms with E-state index in [1.807, 2.05) is 13.0 Å². The van der Waals surface area contributed by atoms with Crippen LogP contribution in [0.4, 0.5) is 10.1 Å². The van der Waals surface area contributed by atoms with Crippen LogP contribution >= 0.6 is 0 Å². The molecule has 0 atom stereocenters. The van der Waals surface area contributed by atoms with E-state index < -0.39 is 15.8 Å². The number of methoxy groups -OCH3 is 2. The van der Waals surface area contributed by atoms with Gasteiger partial charge in [-0.2, -0.15) is 0 Å². The fraction of sp³-hybridized carbons (Fsp3) is 0.350. The van der Waals surface area contributed by atoms with Gasteiger partial charge >= 0.3 is 5.97 Å². The highest BCUT2D eigenvalue weighted by molar-refractivity contribution is 7.92. The van der Waals surface area contributed by atoms with E-state index in [1.54, 1.807) is 19.1 Å². The van der Waals surface area contributed by atoms with Crippen molar-refractivity contribution in [2.75, 3.05) is 31.7 Å². The number of halogens is 1. The van der Waals surface area contributed by atoms with Crippen LogP contribution in [-0.4, -0.2) is 41.8 Å². The molecule has 7 nitrogen and oxygen atoms in total. The average molecular weight is 425 g/mol. The molecule has 0 spiro atoms. The van der Waals surface area contributed by atoms with Gasteiger partial charge in [-0.25, -0.2) is 12.8 Å². The first-order valence-electron chi connectivity index (χ1n) is 8.91. The first-order valence-corrected chi connectivity index (χ1v) is 10.3. The van der Waals surface area contributed by atoms with Crippen molar-refractivity contribution in [3.63, 3.8) is 0 Å². The summed E-state index contributed by atoms with van der Waals surface area (Å²) in [7, 11) is -1.16. The normalized spacial score (nSPS) is 12.8. The number of hydrogen-bond donors (Lipinski definition) is 0. The molecular formula is C20H24FNO6S. The van der Waals surface area contributed by atoms with E-state index in [2.05, 4.69) is 4.74 Å². The van der Waals surface area contributed by atoms with Crippen molar-refractivity contribution in [2.24, 2.45) is 0 Å². The van der Waals surface area contributed by atoms with E-state index >= 15 is 0 Å². The number of esters is 1. The van der Waals surface area contributed by atoms with Crippen molar-refractivity contribution in [2.45, 2.75) is 25.2 Å². The van der Waals surface area contributed by atoms with Gasteiger partial charge in [0.25, 0.3) is 10.0 Å². The molecule has 0 fully saturated rings. The molecule has 2 aromatic carbocycles. The molecule has 9 heteroatoms. The van der Waals surface area contributed by atoms with Gasteiger partial charge in [-0.05, 0) is 36.8 Å². The van der Waals surface area contributed by atoms with Gasteiger partial charge in [-0.1, -0.05) is 13.0 Å². The molecule has 158 valence electrons. The SMILES string of the molecule is CCC(=O)OC.COc1cc(S(=O)(=O)N2CCOc3ccc(C)cc32)ccc1F. The maximum atomic E-state index is 13.5. The van der Waals surface area contributed by atoms with Crippen molar-refractivity contribution in [1.82, 2.24) is 0 Å². The second kappa shape index (κ2) is 9.60. The highest BCUT2D eigenvalue weighted by Crippen LogP contribution is 2.36. The first-order chi connectivity index (χ1) is 13.7. The number of nitrogens with zero attached hydrogens (tertiary/aromatic N) is 1. The van der Waals surface area contributed by atoms with Crippen molar-refractivity contribution < 1.29 is 31.8 Å². The van der Waals surface area contributed by atoms with Crippen LogP contribution in [-0.2, 0) is 19.6 Å². The van der Waals surface area contributed by atoms with E-state index in [9.17, 15) is 17.6 Å². The summed E-state index contributed by atoms with van der Waals surface area (Å²) >= 11 is 0. The Hall–Kier alpha value is -2.81. The molecule has 0 aliphatic carbocycles. The minimum atomic E-state index is -3.83. The number of sulfonamides is 1. The molecule has 0 saturated carbocycles. The molecule has 3 rings (SSSR count). The van der Waals surface area contributed by atoms with Crippen LogP contribution < -0.4 is 13.8 Å². The molecule has 0 bridgehead atoms. The zero-order valence-electron chi connectivity index (χ0n) is 16.8. The number of rotatable bonds is 4. The second-order valence-corrected chi connectivity index (χ2v) is 7.99. The molecule has 0 amide bonds. The molecule has 2 aromatic rings. The molecule has 0 aromatic heterocycles. The maximum absolute atomic E-state index is 13.5. The molecule has 0 radical (unpaired) electrons. The quantitative estimate of drug-likeness (QED) is 0.699. The Morgan fingerprint density at radius 3 is 2.52 bits per heavy atom. The van der Waals surface area contributed by atoms with E-state index in [0.717, 1.165) is 11.6 Å². The summed E-state index contributed by atoms with van der Waals surface area (Å²) in [6.45, 7) is 4.08. The molecule has 0 saturated heterocycles. The maximum Gasteiger partial charge on any atom is 0.305 e. The Kier molecular flexibility index (Phi) is 7.44. The predicted molar refractivity (Wildman–Crippen MR) is 106 cm³/mol. The zero-order valence-corrected chi connectivity index (χ0v) is 17.6. The topological polar surface area (TPSA) is 82.1 Å². The Morgan fingerprint density at radius 1 is 1.21 bits per heavy atom. The van der Waals surface area contributed by atoms with Gasteiger partial charge < -0.3 is 14.2 Å². The molecule has 1 heterocycles. The lowest BCUT2D eigenvalue weighted by Gasteiger charge is -2.30. The van der Waals surface area contributed by atoms with Gasteiger partial charge in [-0.15, -0.1) is 0 Å². The number of benzene rings is 2. The minimum absolute atomic E-state index is 0.0230. The number of aryl methyl sites for hydroxylation is 1. The monoisotopic (exact) mass is 425 g/mol. The first kappa shape index (κ1) is 22.5. The lowest BCUT2D eigenvalue weighted by atomic mass is 10.2. The Labute approximate surface area is 170 Å². The third-order valence-corrected chi connectivity index (χ3v) is 5.97. The summed E-state index contributed by atoms with van der Waals surface area (Å²) < 4.78 is 55.3. The van der Waals surface area contributed by atoms with Crippen LogP contribution in [0.25, 0.3) is 0 Å². The van der Waals surface area contributed by atoms with Crippen molar-refractivity contribution in [3.05, 3.63) is 47.8 Å². The number of anilines is 1. The van der Waals surface area contributed by atoms with Crippen LogP contribution in [0.15, 0.2) is 41.3 Å². The lowest BCUT2D eigenvalue weighted by Crippen LogP contribution is -2.38. The van der Waals surface area contributed by atoms with Crippen LogP contribution in [0.5, 0.6) is 11.5 Å². The van der Waals surface area contributed by atoms with Crippen LogP contribution in [0, 0.1) is 12.7 Å². The van der Waals surface area contributed by atoms with Gasteiger partial charge in [0.1, 0.15) is 12.4 Å². The van der Waals surface area contributed by atoms with E-state index in [1.165, 1.54) is 30.7 Å². The van der Waals surface area contributed by atoms with E-state index in [-0.39, 0.29) is 29.8 Å². The third-order valence-electron chi connectivity index (χ3n) is 4.16. The summed E-state index contributed by atoms with van der Waals surface area (Å²) in [5.74, 6) is -0.358. The van der Waals surface area contributed by atoms with Crippen LogP contribution in [0.3, 0.4) is 0 Å². The second-order valence-electron chi connectivity index (χ2n) is 6.12. The Balaban J connectivity index is 0.000000438. The van der Waals surface area contributed by atoms with Gasteiger partial charge in [0.15, 0.2) is 11.6 Å². The van der Waals surface area contributed by atoms with Crippen LogP contribution in [0.1, 0.15) is 18.9 Å². The number of fused-ring (bicyclic) bond motifs is 1. The van der Waals surface area contributed by atoms with Crippen LogP contribution in [0.2, 0.25) is 0 Å². The highest BCUT2D eigenvalue weighted by atomic mass is 32.2. The summed E-state index contributed by atoms with van der Waals surface area (Å²) in [4.78, 5) is 9.94. The summed E-state index contributed by atoms with van der Waals surface area (Å²) in [6, 6.07) is 8.87. The molecular weight excluding hydrogens is 401 g/mol. The van der Waals surface area contributed by atoms with E-state index in [0.29, 0.717) is 17.9 Å². The third kappa shape index (κ3) is 5.17. The average Bonchev–Trinajstić information content (AvgIpc) is 2.73. The summed E-state index contributed by atoms with van der Waals surface area (Å²) in [6.07, 6.45) is 0.469. The van der Waals surface area contributed by atoms with E-state index in [4.69, 9.17) is 9.47 Å². The highest BCUT2D eigenvalue weighted by Gasteiger charge is 2.30. The number of ether oxygens (including phenoxy) is 3.